The second kappa shape index (κ2) is 8.86. The average Bonchev–Trinajstić information content (AvgIpc) is 2.70. The fourth-order valence-corrected chi connectivity index (χ4v) is 3.41. The molecule has 0 bridgehead atoms. The van der Waals surface area contributed by atoms with Gasteiger partial charge in [-0.25, -0.2) is 8.42 Å². The molecular formula is C20H21F3N2O4S. The lowest BCUT2D eigenvalue weighted by atomic mass is 10.1. The van der Waals surface area contributed by atoms with E-state index in [-0.39, 0.29) is 18.0 Å². The van der Waals surface area contributed by atoms with Crippen molar-refractivity contribution < 1.29 is 31.2 Å². The maximum atomic E-state index is 12.7. The summed E-state index contributed by atoms with van der Waals surface area (Å²) in [6.45, 7) is 2.28. The fraction of sp³-hybridized carbons (Fsp3) is 0.300. The number of sulfone groups is 1. The third-order valence-corrected chi connectivity index (χ3v) is 5.87. The van der Waals surface area contributed by atoms with Gasteiger partial charge in [-0.2, -0.15) is 13.2 Å². The number of amides is 2. The summed E-state index contributed by atoms with van der Waals surface area (Å²) in [6.07, 6.45) is 0. The van der Waals surface area contributed by atoms with E-state index in [1.807, 2.05) is 0 Å². The highest BCUT2D eigenvalue weighted by Gasteiger charge is 2.46. The number of nitrogens with zero attached hydrogens (tertiary/aromatic N) is 2. The Kier molecular flexibility index (Phi) is 6.91. The van der Waals surface area contributed by atoms with Crippen LogP contribution in [0.2, 0.25) is 0 Å². The maximum Gasteiger partial charge on any atom is 0.501 e. The second-order valence-corrected chi connectivity index (χ2v) is 8.63. The second-order valence-electron chi connectivity index (χ2n) is 6.69. The van der Waals surface area contributed by atoms with Crippen molar-refractivity contribution in [2.24, 2.45) is 0 Å². The predicted molar refractivity (Wildman–Crippen MR) is 105 cm³/mol. The van der Waals surface area contributed by atoms with Crippen molar-refractivity contribution >= 4 is 21.7 Å². The molecule has 0 aliphatic heterocycles. The van der Waals surface area contributed by atoms with Crippen molar-refractivity contribution in [3.63, 3.8) is 0 Å². The summed E-state index contributed by atoms with van der Waals surface area (Å²) in [5, 5.41) is 0. The van der Waals surface area contributed by atoms with E-state index in [0.717, 1.165) is 29.8 Å². The van der Waals surface area contributed by atoms with Crippen LogP contribution in [-0.4, -0.2) is 56.2 Å². The molecule has 0 spiro atoms. The van der Waals surface area contributed by atoms with E-state index in [1.54, 1.807) is 45.3 Å². The summed E-state index contributed by atoms with van der Waals surface area (Å²) in [6, 6.07) is 10.4. The standard InChI is InChI=1S/C20H21F3N2O4S/c1-4-25(13-14-5-7-15(8-6-14)18(26)24(2)3)19(27)16-9-11-17(12-10-16)30(28,29)20(21,22)23/h5-12H,4,13H2,1-3H3. The molecule has 6 nitrogen and oxygen atoms in total. The van der Waals surface area contributed by atoms with E-state index >= 15 is 0 Å². The zero-order valence-electron chi connectivity index (χ0n) is 16.6. The van der Waals surface area contributed by atoms with Crippen LogP contribution in [0.5, 0.6) is 0 Å². The Morgan fingerprint density at radius 3 is 1.77 bits per heavy atom. The number of hydrogen-bond acceptors (Lipinski definition) is 4. The molecule has 0 saturated carbocycles. The third kappa shape index (κ3) is 4.99. The summed E-state index contributed by atoms with van der Waals surface area (Å²) >= 11 is 0. The topological polar surface area (TPSA) is 74.8 Å². The summed E-state index contributed by atoms with van der Waals surface area (Å²) in [4.78, 5) is 26.6. The van der Waals surface area contributed by atoms with Gasteiger partial charge in [0.05, 0.1) is 4.90 Å². The molecule has 0 radical (unpaired) electrons. The van der Waals surface area contributed by atoms with Crippen molar-refractivity contribution in [1.29, 1.82) is 0 Å². The molecule has 0 atom stereocenters. The van der Waals surface area contributed by atoms with Crippen LogP contribution in [-0.2, 0) is 16.4 Å². The number of benzene rings is 2. The largest absolute Gasteiger partial charge is 0.501 e. The highest BCUT2D eigenvalue weighted by Crippen LogP contribution is 2.30. The Hall–Kier alpha value is -2.88. The van der Waals surface area contributed by atoms with Gasteiger partial charge in [-0.1, -0.05) is 12.1 Å². The molecule has 0 saturated heterocycles. The smallest absolute Gasteiger partial charge is 0.345 e. The molecule has 30 heavy (non-hydrogen) atoms. The summed E-state index contributed by atoms with van der Waals surface area (Å²) in [5.41, 5.74) is -4.08. The van der Waals surface area contributed by atoms with Gasteiger partial charge in [0.1, 0.15) is 0 Å². The van der Waals surface area contributed by atoms with E-state index in [0.29, 0.717) is 12.1 Å². The number of alkyl halides is 3. The Morgan fingerprint density at radius 1 is 0.867 bits per heavy atom. The highest BCUT2D eigenvalue weighted by molar-refractivity contribution is 7.92. The quantitative estimate of drug-likeness (QED) is 0.688. The van der Waals surface area contributed by atoms with Crippen LogP contribution in [0.4, 0.5) is 13.2 Å². The predicted octanol–water partition coefficient (Wildman–Crippen LogP) is 3.34. The lowest BCUT2D eigenvalue weighted by Gasteiger charge is -2.21. The maximum absolute atomic E-state index is 12.7. The molecule has 2 aromatic carbocycles. The molecule has 0 unspecified atom stereocenters. The fourth-order valence-electron chi connectivity index (χ4n) is 2.65. The Morgan fingerprint density at radius 2 is 1.33 bits per heavy atom. The van der Waals surface area contributed by atoms with E-state index in [2.05, 4.69) is 0 Å². The molecule has 2 aromatic rings. The summed E-state index contributed by atoms with van der Waals surface area (Å²) < 4.78 is 60.8. The first-order valence-electron chi connectivity index (χ1n) is 8.89. The molecule has 0 aromatic heterocycles. The molecule has 2 rings (SSSR count). The van der Waals surface area contributed by atoms with Gasteiger partial charge < -0.3 is 9.80 Å². The van der Waals surface area contributed by atoms with Crippen molar-refractivity contribution in [2.45, 2.75) is 23.9 Å². The van der Waals surface area contributed by atoms with Crippen molar-refractivity contribution in [1.82, 2.24) is 9.80 Å². The zero-order chi connectivity index (χ0) is 22.7. The van der Waals surface area contributed by atoms with E-state index in [4.69, 9.17) is 0 Å². The first-order chi connectivity index (χ1) is 13.9. The van der Waals surface area contributed by atoms with E-state index in [1.165, 1.54) is 9.80 Å². The molecule has 0 N–H and O–H groups in total. The molecule has 162 valence electrons. The minimum Gasteiger partial charge on any atom is -0.345 e. The third-order valence-electron chi connectivity index (χ3n) is 4.37. The average molecular weight is 442 g/mol. The van der Waals surface area contributed by atoms with Crippen LogP contribution in [0.1, 0.15) is 33.2 Å². The lowest BCUT2D eigenvalue weighted by Crippen LogP contribution is -2.30. The van der Waals surface area contributed by atoms with Crippen LogP contribution in [0.15, 0.2) is 53.4 Å². The number of carbonyl (C=O) groups excluding carboxylic acids is 2. The number of carbonyl (C=O) groups is 2. The first kappa shape index (κ1) is 23.4. The SMILES string of the molecule is CCN(Cc1ccc(C(=O)N(C)C)cc1)C(=O)c1ccc(S(=O)(=O)C(F)(F)F)cc1. The molecule has 0 aliphatic rings. The summed E-state index contributed by atoms with van der Waals surface area (Å²) in [5.74, 6) is -0.610. The minimum atomic E-state index is -5.47. The molecular weight excluding hydrogens is 421 g/mol. The van der Waals surface area contributed by atoms with Gasteiger partial charge in [-0.3, -0.25) is 9.59 Å². The van der Waals surface area contributed by atoms with Crippen LogP contribution in [0, 0.1) is 0 Å². The molecule has 0 fully saturated rings. The normalized spacial score (nSPS) is 11.8. The molecule has 2 amide bonds. The van der Waals surface area contributed by atoms with Crippen molar-refractivity contribution in [3.8, 4) is 0 Å². The van der Waals surface area contributed by atoms with Crippen LogP contribution < -0.4 is 0 Å². The van der Waals surface area contributed by atoms with Crippen molar-refractivity contribution in [2.75, 3.05) is 20.6 Å². The molecule has 10 heteroatoms. The summed E-state index contributed by atoms with van der Waals surface area (Å²) in [7, 11) is -2.19. The van der Waals surface area contributed by atoms with Crippen LogP contribution in [0.3, 0.4) is 0 Å². The van der Waals surface area contributed by atoms with Gasteiger partial charge in [0, 0.05) is 38.3 Å². The van der Waals surface area contributed by atoms with Gasteiger partial charge in [0.15, 0.2) is 0 Å². The van der Waals surface area contributed by atoms with Gasteiger partial charge in [0.25, 0.3) is 21.7 Å². The number of hydrogen-bond donors (Lipinski definition) is 0. The van der Waals surface area contributed by atoms with Crippen LogP contribution >= 0.6 is 0 Å². The van der Waals surface area contributed by atoms with Gasteiger partial charge in [-0.05, 0) is 48.9 Å². The van der Waals surface area contributed by atoms with Gasteiger partial charge >= 0.3 is 5.51 Å². The van der Waals surface area contributed by atoms with E-state index < -0.39 is 26.1 Å². The zero-order valence-corrected chi connectivity index (χ0v) is 17.4. The van der Waals surface area contributed by atoms with E-state index in [9.17, 15) is 31.2 Å². The Bertz CT molecular complexity index is 1020. The number of rotatable bonds is 6. The highest BCUT2D eigenvalue weighted by atomic mass is 32.2. The van der Waals surface area contributed by atoms with Crippen molar-refractivity contribution in [3.05, 3.63) is 65.2 Å². The number of halogens is 3. The Labute approximate surface area is 172 Å². The van der Waals surface area contributed by atoms with Gasteiger partial charge in [0.2, 0.25) is 0 Å². The molecule has 0 aliphatic carbocycles. The monoisotopic (exact) mass is 442 g/mol. The minimum absolute atomic E-state index is 0.0670. The van der Waals surface area contributed by atoms with Gasteiger partial charge in [-0.15, -0.1) is 0 Å². The Balaban J connectivity index is 2.18. The first-order valence-corrected chi connectivity index (χ1v) is 10.4. The van der Waals surface area contributed by atoms with Crippen LogP contribution in [0.25, 0.3) is 0 Å². The molecule has 0 heterocycles. The lowest BCUT2D eigenvalue weighted by molar-refractivity contribution is -0.0436.